The third-order valence-electron chi connectivity index (χ3n) is 6.21. The summed E-state index contributed by atoms with van der Waals surface area (Å²) in [5.41, 5.74) is 1.13. The second-order valence-corrected chi connectivity index (χ2v) is 17.0. The number of nitrogens with zero attached hydrogens (tertiary/aromatic N) is 2. The van der Waals surface area contributed by atoms with Crippen LogP contribution in [0.4, 0.5) is 0 Å². The van der Waals surface area contributed by atoms with Crippen LogP contribution in [0.5, 0.6) is 11.5 Å². The van der Waals surface area contributed by atoms with E-state index in [4.69, 9.17) is 17.7 Å². The Morgan fingerprint density at radius 3 is 1.97 bits per heavy atom. The molecular weight excluding hydrogens is 591 g/mol. The maximum atomic E-state index is 11.1. The second-order valence-electron chi connectivity index (χ2n) is 8.60. The first-order chi connectivity index (χ1) is 18.1. The summed E-state index contributed by atoms with van der Waals surface area (Å²) >= 11 is 1.74. The van der Waals surface area contributed by atoms with Crippen LogP contribution < -0.4 is 10.2 Å². The van der Waals surface area contributed by atoms with Crippen molar-refractivity contribution in [3.63, 3.8) is 0 Å². The number of rotatable bonds is 3. The Bertz CT molecular complexity index is 1620. The van der Waals surface area contributed by atoms with E-state index < -0.39 is 19.2 Å². The van der Waals surface area contributed by atoms with Gasteiger partial charge in [0.2, 0.25) is 0 Å². The van der Waals surface area contributed by atoms with Crippen LogP contribution in [0.2, 0.25) is 5.02 Å². The number of benzene rings is 5. The van der Waals surface area contributed by atoms with Crippen LogP contribution in [-0.4, -0.2) is 36.4 Å². The fourth-order valence-corrected chi connectivity index (χ4v) is 13.2. The van der Waals surface area contributed by atoms with E-state index in [0.29, 0.717) is 21.9 Å². The maximum absolute atomic E-state index is 11.1. The van der Waals surface area contributed by atoms with E-state index in [9.17, 15) is 5.11 Å². The van der Waals surface area contributed by atoms with Crippen molar-refractivity contribution in [1.29, 1.82) is 0 Å². The van der Waals surface area contributed by atoms with Crippen LogP contribution in [0.1, 0.15) is 11.1 Å². The first-order valence-corrected chi connectivity index (χ1v) is 17.3. The molecule has 1 aliphatic rings. The predicted octanol–water partition coefficient (Wildman–Crippen LogP) is 5.65. The summed E-state index contributed by atoms with van der Waals surface area (Å²) in [6.07, 6.45) is 1.60. The minimum atomic E-state index is -4.57. The Morgan fingerprint density at radius 2 is 1.30 bits per heavy atom. The number of phenolic OH excluding ortho intramolecular Hbond substituents is 1. The average Bonchev–Trinajstić information content (AvgIpc) is 3.01. The number of halogens is 1. The molecule has 0 amide bonds. The molecule has 180 valence electrons. The fraction of sp³-hybridized carbons (Fsp3) is 0. The van der Waals surface area contributed by atoms with Gasteiger partial charge in [-0.15, -0.1) is 0 Å². The van der Waals surface area contributed by atoms with Gasteiger partial charge >= 0.3 is 225 Å². The van der Waals surface area contributed by atoms with Crippen LogP contribution in [0, 0.1) is 0 Å². The molecule has 0 saturated carbocycles. The molecule has 0 aliphatic carbocycles. The molecule has 7 heteroatoms. The molecule has 0 spiro atoms. The van der Waals surface area contributed by atoms with Gasteiger partial charge in [0.1, 0.15) is 0 Å². The Labute approximate surface area is 224 Å². The molecule has 0 fully saturated rings. The van der Waals surface area contributed by atoms with E-state index >= 15 is 0 Å². The molecule has 5 aromatic carbocycles. The van der Waals surface area contributed by atoms with Gasteiger partial charge < -0.3 is 0 Å². The summed E-state index contributed by atoms with van der Waals surface area (Å²) in [5.74, 6) is 0.853. The molecule has 0 saturated heterocycles. The van der Waals surface area contributed by atoms with E-state index in [-0.39, 0.29) is 11.6 Å². The van der Waals surface area contributed by atoms with Crippen molar-refractivity contribution < 1.29 is 11.3 Å². The number of hydrogen-bond acceptors (Lipinski definition) is 5. The van der Waals surface area contributed by atoms with Gasteiger partial charge in [-0.05, 0) is 0 Å². The van der Waals surface area contributed by atoms with Crippen molar-refractivity contribution in [2.75, 3.05) is 0 Å². The van der Waals surface area contributed by atoms with Crippen LogP contribution in [0.25, 0.3) is 10.8 Å². The standard InChI is InChI=1S/C18H13ClN2O3.2C6H5.Sn/c19-14-5-6-16(22)13(7-14)10-20-21-18(24)15-8-11-3-1-2-4-12(11)9-17(15)23;2*1-2-4-6-5-3-1;/h1-10,22-23H,(H,21,24);2*1-5H;/q;;;+2/p-2/b20-10+;;;. The summed E-state index contributed by atoms with van der Waals surface area (Å²) in [5, 5.41) is 22.3. The summed E-state index contributed by atoms with van der Waals surface area (Å²) in [6.45, 7) is 0. The molecule has 6 rings (SSSR count). The topological polar surface area (TPSA) is 63.4 Å². The zero-order chi connectivity index (χ0) is 25.2. The molecule has 5 nitrogen and oxygen atoms in total. The Kier molecular flexibility index (Phi) is 6.32. The number of fused-ring (bicyclic) bond motifs is 2. The van der Waals surface area contributed by atoms with E-state index in [0.717, 1.165) is 17.9 Å². The van der Waals surface area contributed by atoms with Gasteiger partial charge in [0.25, 0.3) is 0 Å². The Hall–Kier alpha value is -3.81. The zero-order valence-corrected chi connectivity index (χ0v) is 23.2. The SMILES string of the molecule is Oc1cc2ccccc2cc1/C1=N/N=C/c2cc(Cl)ccc2[O][Sn]([c]2ccccc2)([c]2ccccc2)[O]1. The third-order valence-corrected chi connectivity index (χ3v) is 15.5. The van der Waals surface area contributed by atoms with Crippen molar-refractivity contribution in [2.24, 2.45) is 10.2 Å². The van der Waals surface area contributed by atoms with Crippen LogP contribution in [0.15, 0.2) is 125 Å². The molecule has 1 N–H and O–H groups in total. The van der Waals surface area contributed by atoms with Crippen LogP contribution >= 0.6 is 11.6 Å². The van der Waals surface area contributed by atoms with Gasteiger partial charge in [-0.3, -0.25) is 0 Å². The molecule has 0 unspecified atom stereocenters. The van der Waals surface area contributed by atoms with Gasteiger partial charge in [-0.1, -0.05) is 0 Å². The summed E-state index contributed by atoms with van der Waals surface area (Å²) < 4.78 is 15.8. The predicted molar refractivity (Wildman–Crippen MR) is 151 cm³/mol. The van der Waals surface area contributed by atoms with Gasteiger partial charge in [0.15, 0.2) is 0 Å². The quantitative estimate of drug-likeness (QED) is 0.269. The Balaban J connectivity index is 1.63. The molecule has 1 heterocycles. The molecule has 1 aliphatic heterocycles. The molecule has 0 aromatic heterocycles. The summed E-state index contributed by atoms with van der Waals surface area (Å²) in [7, 11) is 0. The summed E-state index contributed by atoms with van der Waals surface area (Å²) in [4.78, 5) is 0. The van der Waals surface area contributed by atoms with Crippen molar-refractivity contribution in [3.8, 4) is 11.5 Å². The monoisotopic (exact) mass is 612 g/mol. The number of phenols is 1. The van der Waals surface area contributed by atoms with E-state index in [1.807, 2.05) is 97.1 Å². The van der Waals surface area contributed by atoms with Crippen molar-refractivity contribution in [2.45, 2.75) is 0 Å². The van der Waals surface area contributed by atoms with Crippen molar-refractivity contribution in [1.82, 2.24) is 0 Å². The first-order valence-electron chi connectivity index (χ1n) is 11.7. The van der Waals surface area contributed by atoms with Crippen molar-refractivity contribution in [3.05, 3.63) is 131 Å². The minimum absolute atomic E-state index is 0.0498. The molecule has 37 heavy (non-hydrogen) atoms. The third kappa shape index (κ3) is 4.56. The molecular formula is C30H21ClN2O3Sn. The van der Waals surface area contributed by atoms with E-state index in [1.165, 1.54) is 0 Å². The normalized spacial score (nSPS) is 16.6. The molecule has 5 aromatic rings. The van der Waals surface area contributed by atoms with Crippen LogP contribution in [0.3, 0.4) is 0 Å². The molecule has 0 bridgehead atoms. The van der Waals surface area contributed by atoms with Gasteiger partial charge in [0, 0.05) is 0 Å². The number of hydrogen-bond donors (Lipinski definition) is 1. The van der Waals surface area contributed by atoms with E-state index in [1.54, 1.807) is 24.4 Å². The van der Waals surface area contributed by atoms with E-state index in [2.05, 4.69) is 10.2 Å². The number of aromatic hydroxyl groups is 1. The first kappa shape index (κ1) is 23.6. The molecule has 0 radical (unpaired) electrons. The average molecular weight is 612 g/mol. The van der Waals surface area contributed by atoms with Crippen molar-refractivity contribution >= 4 is 60.8 Å². The van der Waals surface area contributed by atoms with Gasteiger partial charge in [0.05, 0.1) is 0 Å². The van der Waals surface area contributed by atoms with Crippen LogP contribution in [-0.2, 0) is 3.07 Å². The van der Waals surface area contributed by atoms with Gasteiger partial charge in [-0.25, -0.2) is 0 Å². The molecule has 0 atom stereocenters. The second kappa shape index (κ2) is 9.92. The Morgan fingerprint density at radius 1 is 0.676 bits per heavy atom. The zero-order valence-electron chi connectivity index (χ0n) is 19.6. The van der Waals surface area contributed by atoms with Gasteiger partial charge in [-0.2, -0.15) is 0 Å². The summed E-state index contributed by atoms with van der Waals surface area (Å²) in [6, 6.07) is 36.7. The fourth-order valence-electron chi connectivity index (χ4n) is 4.41.